The second-order valence-electron chi connectivity index (χ2n) is 4.91. The Labute approximate surface area is 103 Å². The van der Waals surface area contributed by atoms with Crippen molar-refractivity contribution in [2.24, 2.45) is 5.73 Å². The van der Waals surface area contributed by atoms with Gasteiger partial charge in [0.25, 0.3) is 0 Å². The highest BCUT2D eigenvalue weighted by Gasteiger charge is 2.25. The van der Waals surface area contributed by atoms with Gasteiger partial charge in [-0.3, -0.25) is 4.90 Å². The van der Waals surface area contributed by atoms with E-state index in [1.54, 1.807) is 0 Å². The molecule has 0 amide bonds. The maximum atomic E-state index is 12.9. The van der Waals surface area contributed by atoms with E-state index < -0.39 is 0 Å². The number of nitrogens with two attached hydrogens (primary N) is 1. The van der Waals surface area contributed by atoms with Gasteiger partial charge in [-0.05, 0) is 37.6 Å². The molecule has 1 fully saturated rings. The van der Waals surface area contributed by atoms with Gasteiger partial charge in [0.05, 0.1) is 0 Å². The molecule has 0 aromatic heterocycles. The fraction of sp³-hybridized carbons (Fsp3) is 0.571. The Bertz CT molecular complexity index is 344. The zero-order valence-corrected chi connectivity index (χ0v) is 10.4. The van der Waals surface area contributed by atoms with Crippen molar-refractivity contribution in [2.45, 2.75) is 37.8 Å². The molecular weight excluding hydrogens is 215 g/mol. The maximum Gasteiger partial charge on any atom is 0.123 e. The van der Waals surface area contributed by atoms with E-state index in [0.29, 0.717) is 12.6 Å². The third-order valence-corrected chi connectivity index (χ3v) is 3.87. The van der Waals surface area contributed by atoms with Crippen LogP contribution in [0, 0.1) is 5.82 Å². The Morgan fingerprint density at radius 1 is 1.29 bits per heavy atom. The van der Waals surface area contributed by atoms with Crippen molar-refractivity contribution in [1.82, 2.24) is 4.90 Å². The number of nitrogens with zero attached hydrogens (tertiary/aromatic N) is 1. The van der Waals surface area contributed by atoms with E-state index in [1.165, 1.54) is 37.8 Å². The van der Waals surface area contributed by atoms with E-state index in [0.717, 1.165) is 5.56 Å². The zero-order chi connectivity index (χ0) is 12.3. The second-order valence-corrected chi connectivity index (χ2v) is 4.91. The minimum Gasteiger partial charge on any atom is -0.329 e. The predicted molar refractivity (Wildman–Crippen MR) is 68.2 cm³/mol. The molecule has 2 N–H and O–H groups in total. The van der Waals surface area contributed by atoms with Crippen LogP contribution in [0.15, 0.2) is 24.3 Å². The van der Waals surface area contributed by atoms with Crippen molar-refractivity contribution in [2.75, 3.05) is 13.6 Å². The van der Waals surface area contributed by atoms with Crippen LogP contribution in [0.1, 0.15) is 37.3 Å². The van der Waals surface area contributed by atoms with Crippen molar-refractivity contribution in [3.8, 4) is 0 Å². The van der Waals surface area contributed by atoms with Gasteiger partial charge in [0.15, 0.2) is 0 Å². The summed E-state index contributed by atoms with van der Waals surface area (Å²) < 4.78 is 12.9. The number of hydrogen-bond acceptors (Lipinski definition) is 2. The van der Waals surface area contributed by atoms with Gasteiger partial charge in [-0.25, -0.2) is 4.39 Å². The summed E-state index contributed by atoms with van der Waals surface area (Å²) in [6.07, 6.45) is 5.15. The van der Waals surface area contributed by atoms with Crippen LogP contribution in [-0.2, 0) is 0 Å². The standard InChI is InChI=1S/C14H21FN2/c1-17(13-4-2-3-5-13)14(10-16)11-6-8-12(15)9-7-11/h6-9,13-14H,2-5,10,16H2,1H3. The number of benzene rings is 1. The first-order valence-electron chi connectivity index (χ1n) is 6.40. The van der Waals surface area contributed by atoms with Gasteiger partial charge in [-0.15, -0.1) is 0 Å². The molecule has 1 atom stereocenters. The van der Waals surface area contributed by atoms with Crippen LogP contribution in [-0.4, -0.2) is 24.5 Å². The first-order chi connectivity index (χ1) is 8.22. The van der Waals surface area contributed by atoms with Gasteiger partial charge in [0, 0.05) is 18.6 Å². The molecule has 0 heterocycles. The van der Waals surface area contributed by atoms with Crippen molar-refractivity contribution in [3.63, 3.8) is 0 Å². The summed E-state index contributed by atoms with van der Waals surface area (Å²) in [5.41, 5.74) is 6.99. The maximum absolute atomic E-state index is 12.9. The molecule has 0 aliphatic heterocycles. The largest absolute Gasteiger partial charge is 0.329 e. The van der Waals surface area contributed by atoms with Crippen LogP contribution in [0.5, 0.6) is 0 Å². The summed E-state index contributed by atoms with van der Waals surface area (Å²) in [5, 5.41) is 0. The van der Waals surface area contributed by atoms with Gasteiger partial charge >= 0.3 is 0 Å². The molecule has 94 valence electrons. The average Bonchev–Trinajstić information content (AvgIpc) is 2.86. The fourth-order valence-electron chi connectivity index (χ4n) is 2.79. The van der Waals surface area contributed by atoms with Gasteiger partial charge in [-0.2, -0.15) is 0 Å². The van der Waals surface area contributed by atoms with Crippen LogP contribution in [0.3, 0.4) is 0 Å². The fourth-order valence-corrected chi connectivity index (χ4v) is 2.79. The van der Waals surface area contributed by atoms with Gasteiger partial charge in [0.2, 0.25) is 0 Å². The lowest BCUT2D eigenvalue weighted by molar-refractivity contribution is 0.179. The Morgan fingerprint density at radius 2 is 1.88 bits per heavy atom. The van der Waals surface area contributed by atoms with E-state index in [9.17, 15) is 4.39 Å². The van der Waals surface area contributed by atoms with E-state index >= 15 is 0 Å². The van der Waals surface area contributed by atoms with Crippen molar-refractivity contribution in [3.05, 3.63) is 35.6 Å². The van der Waals surface area contributed by atoms with E-state index in [1.807, 2.05) is 12.1 Å². The molecule has 0 bridgehead atoms. The van der Waals surface area contributed by atoms with Crippen LogP contribution < -0.4 is 5.73 Å². The summed E-state index contributed by atoms with van der Waals surface area (Å²) in [6.45, 7) is 0.582. The summed E-state index contributed by atoms with van der Waals surface area (Å²) in [5.74, 6) is -0.187. The number of hydrogen-bond donors (Lipinski definition) is 1. The highest BCUT2D eigenvalue weighted by Crippen LogP contribution is 2.29. The van der Waals surface area contributed by atoms with Crippen LogP contribution >= 0.6 is 0 Å². The molecule has 3 heteroatoms. The normalized spacial score (nSPS) is 18.8. The molecular formula is C14H21FN2. The molecule has 17 heavy (non-hydrogen) atoms. The molecule has 1 aromatic carbocycles. The molecule has 0 radical (unpaired) electrons. The number of rotatable bonds is 4. The minimum absolute atomic E-state index is 0.187. The predicted octanol–water partition coefficient (Wildman–Crippen LogP) is 2.70. The third kappa shape index (κ3) is 2.85. The highest BCUT2D eigenvalue weighted by atomic mass is 19.1. The molecule has 1 saturated carbocycles. The SMILES string of the molecule is CN(C1CCCC1)C(CN)c1ccc(F)cc1. The monoisotopic (exact) mass is 236 g/mol. The smallest absolute Gasteiger partial charge is 0.123 e. The molecule has 0 saturated heterocycles. The van der Waals surface area contributed by atoms with Crippen molar-refractivity contribution < 1.29 is 4.39 Å². The average molecular weight is 236 g/mol. The third-order valence-electron chi connectivity index (χ3n) is 3.87. The van der Waals surface area contributed by atoms with Crippen molar-refractivity contribution in [1.29, 1.82) is 0 Å². The van der Waals surface area contributed by atoms with E-state index in [4.69, 9.17) is 5.73 Å². The molecule has 1 aromatic rings. The van der Waals surface area contributed by atoms with Crippen molar-refractivity contribution >= 4 is 0 Å². The summed E-state index contributed by atoms with van der Waals surface area (Å²) in [4.78, 5) is 2.36. The quantitative estimate of drug-likeness (QED) is 0.871. The second kappa shape index (κ2) is 5.61. The topological polar surface area (TPSA) is 29.3 Å². The molecule has 1 unspecified atom stereocenters. The molecule has 0 spiro atoms. The first-order valence-corrected chi connectivity index (χ1v) is 6.40. The zero-order valence-electron chi connectivity index (χ0n) is 10.4. The highest BCUT2D eigenvalue weighted by molar-refractivity contribution is 5.20. The Hall–Kier alpha value is -0.930. The lowest BCUT2D eigenvalue weighted by Crippen LogP contribution is -2.37. The Morgan fingerprint density at radius 3 is 2.41 bits per heavy atom. The van der Waals surface area contributed by atoms with Crippen LogP contribution in [0.25, 0.3) is 0 Å². The Kier molecular flexibility index (Phi) is 4.13. The van der Waals surface area contributed by atoms with Gasteiger partial charge < -0.3 is 5.73 Å². The van der Waals surface area contributed by atoms with Crippen LogP contribution in [0.4, 0.5) is 4.39 Å². The van der Waals surface area contributed by atoms with E-state index in [-0.39, 0.29) is 11.9 Å². The molecule has 1 aliphatic carbocycles. The Balaban J connectivity index is 2.11. The summed E-state index contributed by atoms with van der Waals surface area (Å²) in [6, 6.07) is 7.56. The number of likely N-dealkylation sites (N-methyl/N-ethyl adjacent to an activating group) is 1. The molecule has 1 aliphatic rings. The summed E-state index contributed by atoms with van der Waals surface area (Å²) >= 11 is 0. The van der Waals surface area contributed by atoms with Gasteiger partial charge in [-0.1, -0.05) is 25.0 Å². The molecule has 2 rings (SSSR count). The lowest BCUT2D eigenvalue weighted by Gasteiger charge is -2.32. The van der Waals surface area contributed by atoms with Crippen LogP contribution in [0.2, 0.25) is 0 Å². The number of halogens is 1. The first kappa shape index (κ1) is 12.5. The van der Waals surface area contributed by atoms with Gasteiger partial charge in [0.1, 0.15) is 5.82 Å². The molecule has 2 nitrogen and oxygen atoms in total. The van der Waals surface area contributed by atoms with E-state index in [2.05, 4.69) is 11.9 Å². The lowest BCUT2D eigenvalue weighted by atomic mass is 10.0. The minimum atomic E-state index is -0.187. The summed E-state index contributed by atoms with van der Waals surface area (Å²) in [7, 11) is 2.14.